The quantitative estimate of drug-likeness (QED) is 0.641. The van der Waals surface area contributed by atoms with Gasteiger partial charge in [-0.1, -0.05) is 78.9 Å². The average molecular weight is 288 g/mol. The number of benzene rings is 3. The maximum Gasteiger partial charge on any atom is 0.200 e. The molecule has 0 saturated carbocycles. The summed E-state index contributed by atoms with van der Waals surface area (Å²) in [6.07, 6.45) is 0. The average Bonchev–Trinajstić information content (AvgIpc) is 2.61. The minimum atomic E-state index is -0.0246. The van der Waals surface area contributed by atoms with Crippen LogP contribution in [0.3, 0.4) is 0 Å². The maximum atomic E-state index is 12.1. The van der Waals surface area contributed by atoms with E-state index in [0.29, 0.717) is 5.56 Å². The van der Waals surface area contributed by atoms with E-state index in [2.05, 4.69) is 0 Å². The fourth-order valence-electron chi connectivity index (χ4n) is 2.30. The molecular formula is C20H16O2. The Labute approximate surface area is 130 Å². The minimum absolute atomic E-state index is 0.0246. The third-order valence-electron chi connectivity index (χ3n) is 3.43. The van der Waals surface area contributed by atoms with Crippen molar-refractivity contribution in [2.45, 2.75) is 0 Å². The summed E-state index contributed by atoms with van der Waals surface area (Å²) < 4.78 is 5.76. The van der Waals surface area contributed by atoms with Gasteiger partial charge in [-0.05, 0) is 11.6 Å². The fourth-order valence-corrected chi connectivity index (χ4v) is 2.30. The van der Waals surface area contributed by atoms with Crippen molar-refractivity contribution in [3.05, 3.63) is 90.5 Å². The van der Waals surface area contributed by atoms with Crippen molar-refractivity contribution in [2.24, 2.45) is 0 Å². The number of rotatable bonds is 5. The van der Waals surface area contributed by atoms with E-state index < -0.39 is 0 Å². The molecule has 3 rings (SSSR count). The summed E-state index contributed by atoms with van der Waals surface area (Å²) in [6, 6.07) is 27.0. The van der Waals surface area contributed by atoms with Crippen LogP contribution in [0.1, 0.15) is 10.4 Å². The Balaban J connectivity index is 1.78. The number of hydrogen-bond acceptors (Lipinski definition) is 2. The van der Waals surface area contributed by atoms with Crippen molar-refractivity contribution >= 4 is 5.78 Å². The summed E-state index contributed by atoms with van der Waals surface area (Å²) >= 11 is 0. The lowest BCUT2D eigenvalue weighted by Crippen LogP contribution is -2.11. The second-order valence-corrected chi connectivity index (χ2v) is 4.94. The van der Waals surface area contributed by atoms with Gasteiger partial charge in [-0.25, -0.2) is 0 Å². The number of Topliss-reactive ketones (excluding diaryl/α,β-unsaturated/α-hetero) is 1. The van der Waals surface area contributed by atoms with Gasteiger partial charge >= 0.3 is 0 Å². The van der Waals surface area contributed by atoms with Gasteiger partial charge in [-0.15, -0.1) is 0 Å². The number of ether oxygens (including phenoxy) is 1. The van der Waals surface area contributed by atoms with Crippen LogP contribution >= 0.6 is 0 Å². The normalized spacial score (nSPS) is 10.2. The molecule has 0 bridgehead atoms. The minimum Gasteiger partial charge on any atom is -0.485 e. The van der Waals surface area contributed by atoms with E-state index in [4.69, 9.17) is 4.74 Å². The lowest BCUT2D eigenvalue weighted by Gasteiger charge is -2.11. The number of para-hydroxylation sites is 1. The predicted molar refractivity (Wildman–Crippen MR) is 88.1 cm³/mol. The van der Waals surface area contributed by atoms with Crippen molar-refractivity contribution in [3.63, 3.8) is 0 Å². The Bertz CT molecular complexity index is 749. The summed E-state index contributed by atoms with van der Waals surface area (Å²) in [5.74, 6) is 0.696. The molecule has 0 radical (unpaired) electrons. The first-order valence-corrected chi connectivity index (χ1v) is 7.20. The van der Waals surface area contributed by atoms with Crippen LogP contribution in [0.25, 0.3) is 11.1 Å². The van der Waals surface area contributed by atoms with Gasteiger partial charge < -0.3 is 4.74 Å². The molecule has 0 unspecified atom stereocenters. The molecule has 22 heavy (non-hydrogen) atoms. The van der Waals surface area contributed by atoms with Crippen LogP contribution in [0.15, 0.2) is 84.9 Å². The second kappa shape index (κ2) is 6.72. The number of carbonyl (C=O) groups is 1. The lowest BCUT2D eigenvalue weighted by atomic mass is 10.0. The predicted octanol–water partition coefficient (Wildman–Crippen LogP) is 4.62. The topological polar surface area (TPSA) is 26.3 Å². The molecule has 2 heteroatoms. The molecule has 0 saturated heterocycles. The van der Waals surface area contributed by atoms with Crippen molar-refractivity contribution in [2.75, 3.05) is 6.61 Å². The van der Waals surface area contributed by atoms with Crippen LogP contribution in [-0.2, 0) is 0 Å². The standard InChI is InChI=1S/C20H16O2/c21-19(17-11-5-2-6-12-17)15-22-20-14-8-7-13-18(20)16-9-3-1-4-10-16/h1-14H,15H2. The zero-order chi connectivity index (χ0) is 15.2. The smallest absolute Gasteiger partial charge is 0.200 e. The van der Waals surface area contributed by atoms with Crippen LogP contribution in [-0.4, -0.2) is 12.4 Å². The summed E-state index contributed by atoms with van der Waals surface area (Å²) in [5, 5.41) is 0. The first kappa shape index (κ1) is 14.1. The van der Waals surface area contributed by atoms with Crippen LogP contribution in [0.2, 0.25) is 0 Å². The molecule has 2 nitrogen and oxygen atoms in total. The van der Waals surface area contributed by atoms with Gasteiger partial charge in [0.25, 0.3) is 0 Å². The molecular weight excluding hydrogens is 272 g/mol. The molecule has 0 aliphatic heterocycles. The van der Waals surface area contributed by atoms with Gasteiger partial charge in [0.1, 0.15) is 5.75 Å². The van der Waals surface area contributed by atoms with Gasteiger partial charge in [0.2, 0.25) is 0 Å². The molecule has 0 aliphatic rings. The molecule has 3 aromatic rings. The summed E-state index contributed by atoms with van der Waals surface area (Å²) in [7, 11) is 0. The van der Waals surface area contributed by atoms with Crippen molar-refractivity contribution in [1.82, 2.24) is 0 Å². The van der Waals surface area contributed by atoms with Crippen molar-refractivity contribution < 1.29 is 9.53 Å². The molecule has 0 atom stereocenters. The van der Waals surface area contributed by atoms with Crippen LogP contribution in [0, 0.1) is 0 Å². The molecule has 0 N–H and O–H groups in total. The fraction of sp³-hybridized carbons (Fsp3) is 0.0500. The van der Waals surface area contributed by atoms with E-state index in [9.17, 15) is 4.79 Å². The summed E-state index contributed by atoms with van der Waals surface area (Å²) in [5.41, 5.74) is 2.73. The Morgan fingerprint density at radius 3 is 2.05 bits per heavy atom. The van der Waals surface area contributed by atoms with Crippen LogP contribution < -0.4 is 4.74 Å². The highest BCUT2D eigenvalue weighted by atomic mass is 16.5. The van der Waals surface area contributed by atoms with Crippen LogP contribution in [0.5, 0.6) is 5.75 Å². The third kappa shape index (κ3) is 3.23. The largest absolute Gasteiger partial charge is 0.485 e. The Hall–Kier alpha value is -2.87. The molecule has 0 fully saturated rings. The first-order chi connectivity index (χ1) is 10.8. The molecule has 0 aromatic heterocycles. The van der Waals surface area contributed by atoms with Gasteiger partial charge in [0.15, 0.2) is 12.4 Å². The monoisotopic (exact) mass is 288 g/mol. The van der Waals surface area contributed by atoms with Crippen molar-refractivity contribution in [1.29, 1.82) is 0 Å². The Kier molecular flexibility index (Phi) is 4.30. The van der Waals surface area contributed by atoms with E-state index >= 15 is 0 Å². The summed E-state index contributed by atoms with van der Waals surface area (Å²) in [4.78, 5) is 12.1. The van der Waals surface area contributed by atoms with Gasteiger partial charge in [0.05, 0.1) is 0 Å². The zero-order valence-corrected chi connectivity index (χ0v) is 12.1. The highest BCUT2D eigenvalue weighted by molar-refractivity contribution is 5.97. The summed E-state index contributed by atoms with van der Waals surface area (Å²) in [6.45, 7) is 0.0356. The van der Waals surface area contributed by atoms with Crippen LogP contribution in [0.4, 0.5) is 0 Å². The maximum absolute atomic E-state index is 12.1. The molecule has 0 aliphatic carbocycles. The number of hydrogen-bond donors (Lipinski definition) is 0. The Morgan fingerprint density at radius 2 is 1.32 bits per heavy atom. The van der Waals surface area contributed by atoms with Gasteiger partial charge in [0, 0.05) is 11.1 Å². The molecule has 0 amide bonds. The first-order valence-electron chi connectivity index (χ1n) is 7.20. The van der Waals surface area contributed by atoms with E-state index in [1.807, 2.05) is 72.8 Å². The van der Waals surface area contributed by atoms with Gasteiger partial charge in [-0.2, -0.15) is 0 Å². The van der Waals surface area contributed by atoms with E-state index in [-0.39, 0.29) is 12.4 Å². The number of carbonyl (C=O) groups excluding carboxylic acids is 1. The molecule has 108 valence electrons. The lowest BCUT2D eigenvalue weighted by molar-refractivity contribution is 0.0922. The van der Waals surface area contributed by atoms with E-state index in [1.165, 1.54) is 0 Å². The SMILES string of the molecule is O=C(COc1ccccc1-c1ccccc1)c1ccccc1. The molecule has 0 spiro atoms. The molecule has 3 aromatic carbocycles. The highest BCUT2D eigenvalue weighted by Gasteiger charge is 2.09. The second-order valence-electron chi connectivity index (χ2n) is 4.94. The van der Waals surface area contributed by atoms with E-state index in [1.54, 1.807) is 12.1 Å². The molecule has 0 heterocycles. The Morgan fingerprint density at radius 1 is 0.727 bits per heavy atom. The third-order valence-corrected chi connectivity index (χ3v) is 3.43. The van der Waals surface area contributed by atoms with Gasteiger partial charge in [-0.3, -0.25) is 4.79 Å². The van der Waals surface area contributed by atoms with E-state index in [0.717, 1.165) is 16.9 Å². The zero-order valence-electron chi connectivity index (χ0n) is 12.1. The van der Waals surface area contributed by atoms with Crippen molar-refractivity contribution in [3.8, 4) is 16.9 Å². The number of ketones is 1. The highest BCUT2D eigenvalue weighted by Crippen LogP contribution is 2.29.